The maximum Gasteiger partial charge on any atom is 0.0468 e. The molecule has 31 heavy (non-hydrogen) atoms. The predicted molar refractivity (Wildman–Crippen MR) is 142 cm³/mol. The van der Waals surface area contributed by atoms with Crippen LogP contribution in [0.4, 0.5) is 0 Å². The summed E-state index contributed by atoms with van der Waals surface area (Å²) in [4.78, 5) is 0. The summed E-state index contributed by atoms with van der Waals surface area (Å²) in [5, 5.41) is 0. The van der Waals surface area contributed by atoms with Crippen LogP contribution >= 0.6 is 0 Å². The smallest absolute Gasteiger partial charge is 0.0468 e. The molecule has 4 atom stereocenters. The van der Waals surface area contributed by atoms with E-state index in [0.717, 1.165) is 48.7 Å². The average Bonchev–Trinajstić information content (AvgIpc) is 2.67. The molecule has 0 amide bonds. The Bertz CT molecular complexity index is 327. The summed E-state index contributed by atoms with van der Waals surface area (Å²) >= 11 is 0. The van der Waals surface area contributed by atoms with Crippen LogP contribution in [0.25, 0.3) is 0 Å². The molecule has 0 rings (SSSR count). The first-order valence-corrected chi connectivity index (χ1v) is 14.3. The third-order valence-corrected chi connectivity index (χ3v) is 7.25. The van der Waals surface area contributed by atoms with Gasteiger partial charge in [-0.1, -0.05) is 132 Å². The van der Waals surface area contributed by atoms with E-state index in [4.69, 9.17) is 4.74 Å². The van der Waals surface area contributed by atoms with Gasteiger partial charge in [0.2, 0.25) is 0 Å². The highest BCUT2D eigenvalue weighted by Crippen LogP contribution is 2.22. The van der Waals surface area contributed by atoms with Crippen LogP contribution in [0.3, 0.4) is 0 Å². The lowest BCUT2D eigenvalue weighted by atomic mass is 9.92. The minimum atomic E-state index is 0.817. The van der Waals surface area contributed by atoms with Gasteiger partial charge in [0.25, 0.3) is 0 Å². The van der Waals surface area contributed by atoms with E-state index < -0.39 is 0 Å². The van der Waals surface area contributed by atoms with Gasteiger partial charge in [-0.3, -0.25) is 0 Å². The van der Waals surface area contributed by atoms with Crippen LogP contribution in [0.2, 0.25) is 0 Å². The third-order valence-electron chi connectivity index (χ3n) is 7.25. The van der Waals surface area contributed by atoms with Gasteiger partial charge in [0.05, 0.1) is 0 Å². The summed E-state index contributed by atoms with van der Waals surface area (Å²) in [5.74, 6) is 5.18. The zero-order valence-corrected chi connectivity index (χ0v) is 23.2. The maximum absolute atomic E-state index is 5.98. The summed E-state index contributed by atoms with van der Waals surface area (Å²) in [5.41, 5.74) is 0. The van der Waals surface area contributed by atoms with Crippen LogP contribution in [0, 0.1) is 35.5 Å². The lowest BCUT2D eigenvalue weighted by molar-refractivity contribution is 0.108. The van der Waals surface area contributed by atoms with E-state index in [1.165, 1.54) is 89.9 Å². The highest BCUT2D eigenvalue weighted by atomic mass is 16.5. The Morgan fingerprint density at radius 3 is 0.903 bits per heavy atom. The van der Waals surface area contributed by atoms with Crippen molar-refractivity contribution in [2.45, 2.75) is 145 Å². The molecular formula is C30H62O. The Morgan fingerprint density at radius 2 is 0.613 bits per heavy atom. The molecule has 0 bridgehead atoms. The van der Waals surface area contributed by atoms with Crippen molar-refractivity contribution in [1.29, 1.82) is 0 Å². The normalized spacial score (nSPS) is 16.1. The van der Waals surface area contributed by atoms with Crippen LogP contribution in [0.15, 0.2) is 0 Å². The van der Waals surface area contributed by atoms with Crippen LogP contribution in [0.5, 0.6) is 0 Å². The quantitative estimate of drug-likeness (QED) is 0.153. The van der Waals surface area contributed by atoms with E-state index in [2.05, 4.69) is 55.4 Å². The Balaban J connectivity index is 3.51. The number of rotatable bonds is 22. The topological polar surface area (TPSA) is 9.23 Å². The molecule has 0 aromatic heterocycles. The molecule has 0 aliphatic rings. The van der Waals surface area contributed by atoms with Crippen molar-refractivity contribution in [1.82, 2.24) is 0 Å². The molecular weight excluding hydrogens is 376 g/mol. The van der Waals surface area contributed by atoms with Gasteiger partial charge in [-0.25, -0.2) is 0 Å². The van der Waals surface area contributed by atoms with Crippen molar-refractivity contribution in [3.05, 3.63) is 0 Å². The van der Waals surface area contributed by atoms with Crippen molar-refractivity contribution >= 4 is 0 Å². The van der Waals surface area contributed by atoms with Crippen LogP contribution in [-0.2, 0) is 4.74 Å². The third kappa shape index (κ3) is 22.9. The van der Waals surface area contributed by atoms with Gasteiger partial charge >= 0.3 is 0 Å². The minimum absolute atomic E-state index is 0.817. The summed E-state index contributed by atoms with van der Waals surface area (Å²) in [6, 6.07) is 0. The Hall–Kier alpha value is -0.0400. The van der Waals surface area contributed by atoms with Gasteiger partial charge in [-0.2, -0.15) is 0 Å². The number of hydrogen-bond acceptors (Lipinski definition) is 1. The van der Waals surface area contributed by atoms with Gasteiger partial charge in [0, 0.05) is 13.2 Å². The van der Waals surface area contributed by atoms with E-state index in [0.29, 0.717) is 0 Å². The SMILES string of the molecule is CC(C)CCCC(C)CCCC(C)CCOCCC(C)CCCC(C)CCCC(C)C. The fourth-order valence-electron chi connectivity index (χ4n) is 4.63. The Morgan fingerprint density at radius 1 is 0.355 bits per heavy atom. The number of hydrogen-bond donors (Lipinski definition) is 0. The fourth-order valence-corrected chi connectivity index (χ4v) is 4.63. The maximum atomic E-state index is 5.98. The molecule has 0 radical (unpaired) electrons. The molecule has 0 heterocycles. The molecule has 0 aromatic carbocycles. The van der Waals surface area contributed by atoms with E-state index in [9.17, 15) is 0 Å². The molecule has 188 valence electrons. The standard InChI is InChI=1S/C30H62O/c1-25(2)13-9-15-27(5)17-11-19-29(7)21-23-31-24-22-30(8)20-12-18-28(6)16-10-14-26(3)4/h25-30H,9-24H2,1-8H3. The highest BCUT2D eigenvalue weighted by molar-refractivity contribution is 4.61. The molecule has 0 saturated heterocycles. The van der Waals surface area contributed by atoms with Crippen LogP contribution < -0.4 is 0 Å². The first kappa shape index (κ1) is 31.0. The van der Waals surface area contributed by atoms with Crippen molar-refractivity contribution in [3.8, 4) is 0 Å². The second kappa shape index (κ2) is 20.6. The first-order chi connectivity index (χ1) is 14.7. The van der Waals surface area contributed by atoms with Crippen molar-refractivity contribution in [2.75, 3.05) is 13.2 Å². The second-order valence-corrected chi connectivity index (χ2v) is 12.1. The molecule has 1 heteroatoms. The van der Waals surface area contributed by atoms with E-state index >= 15 is 0 Å². The Kier molecular flexibility index (Phi) is 20.5. The zero-order chi connectivity index (χ0) is 23.5. The summed E-state index contributed by atoms with van der Waals surface area (Å²) in [7, 11) is 0. The van der Waals surface area contributed by atoms with Crippen molar-refractivity contribution < 1.29 is 4.74 Å². The lowest BCUT2D eigenvalue weighted by Crippen LogP contribution is -2.07. The molecule has 0 aliphatic carbocycles. The summed E-state index contributed by atoms with van der Waals surface area (Å²) < 4.78 is 5.98. The van der Waals surface area contributed by atoms with Gasteiger partial charge in [0.1, 0.15) is 0 Å². The monoisotopic (exact) mass is 438 g/mol. The molecule has 4 unspecified atom stereocenters. The second-order valence-electron chi connectivity index (χ2n) is 12.1. The Labute approximate surface area is 198 Å². The van der Waals surface area contributed by atoms with Crippen LogP contribution in [-0.4, -0.2) is 13.2 Å². The van der Waals surface area contributed by atoms with E-state index in [1.54, 1.807) is 0 Å². The van der Waals surface area contributed by atoms with Gasteiger partial charge in [-0.05, 0) is 48.3 Å². The molecule has 0 fully saturated rings. The number of ether oxygens (including phenoxy) is 1. The van der Waals surface area contributed by atoms with Crippen molar-refractivity contribution in [2.24, 2.45) is 35.5 Å². The molecule has 1 nitrogen and oxygen atoms in total. The average molecular weight is 439 g/mol. The highest BCUT2D eigenvalue weighted by Gasteiger charge is 2.08. The summed E-state index contributed by atoms with van der Waals surface area (Å²) in [6.07, 6.45) is 19.3. The molecule has 0 aliphatic heterocycles. The van der Waals surface area contributed by atoms with E-state index in [-0.39, 0.29) is 0 Å². The minimum Gasteiger partial charge on any atom is -0.381 e. The predicted octanol–water partition coefficient (Wildman–Crippen LogP) is 10.3. The first-order valence-electron chi connectivity index (χ1n) is 14.3. The van der Waals surface area contributed by atoms with Gasteiger partial charge < -0.3 is 4.74 Å². The van der Waals surface area contributed by atoms with Gasteiger partial charge in [0.15, 0.2) is 0 Å². The van der Waals surface area contributed by atoms with Crippen molar-refractivity contribution in [3.63, 3.8) is 0 Å². The fraction of sp³-hybridized carbons (Fsp3) is 1.00. The largest absolute Gasteiger partial charge is 0.381 e. The van der Waals surface area contributed by atoms with Crippen LogP contribution in [0.1, 0.15) is 145 Å². The molecule has 0 N–H and O–H groups in total. The van der Waals surface area contributed by atoms with E-state index in [1.807, 2.05) is 0 Å². The molecule has 0 aromatic rings. The zero-order valence-electron chi connectivity index (χ0n) is 23.2. The molecule has 0 saturated carbocycles. The summed E-state index contributed by atoms with van der Waals surface area (Å²) in [6.45, 7) is 21.0. The van der Waals surface area contributed by atoms with Gasteiger partial charge in [-0.15, -0.1) is 0 Å². The molecule has 0 spiro atoms. The lowest BCUT2D eigenvalue weighted by Gasteiger charge is -2.16.